The summed E-state index contributed by atoms with van der Waals surface area (Å²) in [6.07, 6.45) is 3.47. The van der Waals surface area contributed by atoms with E-state index in [1.54, 1.807) is 0 Å². The predicted octanol–water partition coefficient (Wildman–Crippen LogP) is 4.80. The molecule has 1 N–H and O–H groups in total. The van der Waals surface area contributed by atoms with Gasteiger partial charge in [0.1, 0.15) is 0 Å². The van der Waals surface area contributed by atoms with Gasteiger partial charge in [-0.1, -0.05) is 61.8 Å². The third kappa shape index (κ3) is 4.40. The molecule has 2 heteroatoms. The van der Waals surface area contributed by atoms with Crippen LogP contribution in [0.1, 0.15) is 46.1 Å². The first-order valence-electron chi connectivity index (χ1n) is 6.98. The summed E-state index contributed by atoms with van der Waals surface area (Å²) in [6.45, 7) is 10.3. The Hall–Kier alpha value is -0.340. The fourth-order valence-electron chi connectivity index (χ4n) is 2.07. The van der Waals surface area contributed by atoms with E-state index in [0.29, 0.717) is 11.5 Å². The molecule has 1 rings (SSSR count). The highest BCUT2D eigenvalue weighted by atomic mass is 79.9. The van der Waals surface area contributed by atoms with E-state index in [-0.39, 0.29) is 0 Å². The van der Waals surface area contributed by atoms with E-state index in [9.17, 15) is 0 Å². The maximum atomic E-state index is 3.72. The van der Waals surface area contributed by atoms with Crippen LogP contribution < -0.4 is 5.32 Å². The van der Waals surface area contributed by atoms with Gasteiger partial charge in [0, 0.05) is 10.5 Å². The Bertz CT molecular complexity index is 360. The van der Waals surface area contributed by atoms with Gasteiger partial charge in [0.15, 0.2) is 0 Å². The standard InChI is InChI=1S/C16H26BrN/c1-5-11-18-15(16(3,4)6-2)12-13-9-7-8-10-14(13)17/h7-10,15,18H,5-6,11-12H2,1-4H3. The van der Waals surface area contributed by atoms with Gasteiger partial charge in [-0.15, -0.1) is 0 Å². The van der Waals surface area contributed by atoms with Crippen molar-refractivity contribution < 1.29 is 0 Å². The molecule has 0 spiro atoms. The van der Waals surface area contributed by atoms with Crippen LogP contribution in [0.4, 0.5) is 0 Å². The van der Waals surface area contributed by atoms with Crippen LogP contribution in [-0.2, 0) is 6.42 Å². The minimum atomic E-state index is 0.324. The summed E-state index contributed by atoms with van der Waals surface area (Å²) in [5, 5.41) is 3.72. The van der Waals surface area contributed by atoms with Crippen LogP contribution in [-0.4, -0.2) is 12.6 Å². The summed E-state index contributed by atoms with van der Waals surface area (Å²) < 4.78 is 1.22. The van der Waals surface area contributed by atoms with E-state index in [1.165, 1.54) is 22.9 Å². The Morgan fingerprint density at radius 3 is 2.44 bits per heavy atom. The molecule has 0 heterocycles. The Kier molecular flexibility index (Phi) is 6.37. The van der Waals surface area contributed by atoms with Gasteiger partial charge in [0.25, 0.3) is 0 Å². The van der Waals surface area contributed by atoms with Crippen molar-refractivity contribution in [3.63, 3.8) is 0 Å². The first-order valence-corrected chi connectivity index (χ1v) is 7.77. The lowest BCUT2D eigenvalue weighted by Crippen LogP contribution is -2.43. The van der Waals surface area contributed by atoms with Gasteiger partial charge >= 0.3 is 0 Å². The molecular formula is C16H26BrN. The summed E-state index contributed by atoms with van der Waals surface area (Å²) in [5.74, 6) is 0. The zero-order valence-corrected chi connectivity index (χ0v) is 13.7. The third-order valence-corrected chi connectivity index (χ3v) is 4.65. The molecular weight excluding hydrogens is 286 g/mol. The van der Waals surface area contributed by atoms with Crippen LogP contribution in [0, 0.1) is 5.41 Å². The predicted molar refractivity (Wildman–Crippen MR) is 84.0 cm³/mol. The van der Waals surface area contributed by atoms with Crippen molar-refractivity contribution in [1.82, 2.24) is 5.32 Å². The lowest BCUT2D eigenvalue weighted by atomic mass is 9.79. The molecule has 0 aliphatic carbocycles. The molecule has 0 fully saturated rings. The molecule has 0 radical (unpaired) electrons. The summed E-state index contributed by atoms with van der Waals surface area (Å²) in [5.41, 5.74) is 1.72. The first kappa shape index (κ1) is 15.7. The van der Waals surface area contributed by atoms with Gasteiger partial charge in [-0.05, 0) is 42.9 Å². The summed E-state index contributed by atoms with van der Waals surface area (Å²) in [4.78, 5) is 0. The van der Waals surface area contributed by atoms with E-state index in [4.69, 9.17) is 0 Å². The molecule has 0 aliphatic rings. The lowest BCUT2D eigenvalue weighted by Gasteiger charge is -2.35. The molecule has 0 aliphatic heterocycles. The molecule has 0 amide bonds. The second-order valence-electron chi connectivity index (χ2n) is 5.64. The molecule has 0 aromatic heterocycles. The normalized spacial score (nSPS) is 13.6. The summed E-state index contributed by atoms with van der Waals surface area (Å²) >= 11 is 3.65. The van der Waals surface area contributed by atoms with Crippen LogP contribution in [0.15, 0.2) is 28.7 Å². The van der Waals surface area contributed by atoms with Crippen molar-refractivity contribution in [3.8, 4) is 0 Å². The van der Waals surface area contributed by atoms with E-state index in [1.807, 2.05) is 0 Å². The minimum absolute atomic E-state index is 0.324. The first-order chi connectivity index (χ1) is 8.51. The molecule has 1 atom stereocenters. The van der Waals surface area contributed by atoms with E-state index >= 15 is 0 Å². The maximum absolute atomic E-state index is 3.72. The number of nitrogens with one attached hydrogen (secondary N) is 1. The van der Waals surface area contributed by atoms with E-state index in [0.717, 1.165) is 13.0 Å². The molecule has 18 heavy (non-hydrogen) atoms. The van der Waals surface area contributed by atoms with Crippen molar-refractivity contribution in [1.29, 1.82) is 0 Å². The van der Waals surface area contributed by atoms with Crippen molar-refractivity contribution in [2.45, 2.75) is 53.0 Å². The second-order valence-corrected chi connectivity index (χ2v) is 6.50. The highest BCUT2D eigenvalue weighted by molar-refractivity contribution is 9.10. The molecule has 1 unspecified atom stereocenters. The molecule has 1 aromatic rings. The van der Waals surface area contributed by atoms with Crippen LogP contribution in [0.2, 0.25) is 0 Å². The summed E-state index contributed by atoms with van der Waals surface area (Å²) in [6, 6.07) is 9.08. The fraction of sp³-hybridized carbons (Fsp3) is 0.625. The zero-order valence-electron chi connectivity index (χ0n) is 12.1. The Morgan fingerprint density at radius 2 is 1.89 bits per heavy atom. The number of benzene rings is 1. The quantitative estimate of drug-likeness (QED) is 0.763. The molecule has 0 bridgehead atoms. The maximum Gasteiger partial charge on any atom is 0.0207 e. The van der Waals surface area contributed by atoms with Gasteiger partial charge in [-0.3, -0.25) is 0 Å². The third-order valence-electron chi connectivity index (χ3n) is 3.88. The van der Waals surface area contributed by atoms with E-state index in [2.05, 4.69) is 73.2 Å². The van der Waals surface area contributed by atoms with Gasteiger partial charge < -0.3 is 5.32 Å². The lowest BCUT2D eigenvalue weighted by molar-refractivity contribution is 0.230. The highest BCUT2D eigenvalue weighted by Crippen LogP contribution is 2.29. The fourth-order valence-corrected chi connectivity index (χ4v) is 2.52. The van der Waals surface area contributed by atoms with Gasteiger partial charge in [0.05, 0.1) is 0 Å². The van der Waals surface area contributed by atoms with Crippen LogP contribution in [0.5, 0.6) is 0 Å². The van der Waals surface area contributed by atoms with Gasteiger partial charge in [-0.2, -0.15) is 0 Å². The SMILES string of the molecule is CCCNC(Cc1ccccc1Br)C(C)(C)CC. The minimum Gasteiger partial charge on any atom is -0.313 e. The highest BCUT2D eigenvalue weighted by Gasteiger charge is 2.27. The largest absolute Gasteiger partial charge is 0.313 e. The van der Waals surface area contributed by atoms with Crippen molar-refractivity contribution in [3.05, 3.63) is 34.3 Å². The number of halogens is 1. The second kappa shape index (κ2) is 7.30. The van der Waals surface area contributed by atoms with Crippen molar-refractivity contribution in [2.24, 2.45) is 5.41 Å². The van der Waals surface area contributed by atoms with Gasteiger partial charge in [0.2, 0.25) is 0 Å². The molecule has 1 nitrogen and oxygen atoms in total. The Balaban J connectivity index is 2.81. The monoisotopic (exact) mass is 311 g/mol. The average Bonchev–Trinajstić information content (AvgIpc) is 2.36. The zero-order chi connectivity index (χ0) is 13.6. The average molecular weight is 312 g/mol. The molecule has 0 saturated heterocycles. The number of hydrogen-bond acceptors (Lipinski definition) is 1. The van der Waals surface area contributed by atoms with Gasteiger partial charge in [-0.25, -0.2) is 0 Å². The Labute approximate surface area is 120 Å². The molecule has 1 aromatic carbocycles. The summed E-state index contributed by atoms with van der Waals surface area (Å²) in [7, 11) is 0. The number of hydrogen-bond donors (Lipinski definition) is 1. The van der Waals surface area contributed by atoms with Crippen LogP contribution in [0.3, 0.4) is 0 Å². The molecule has 102 valence electrons. The van der Waals surface area contributed by atoms with Crippen molar-refractivity contribution in [2.75, 3.05) is 6.54 Å². The smallest absolute Gasteiger partial charge is 0.0207 e. The van der Waals surface area contributed by atoms with Crippen molar-refractivity contribution >= 4 is 15.9 Å². The van der Waals surface area contributed by atoms with Crippen LogP contribution >= 0.6 is 15.9 Å². The topological polar surface area (TPSA) is 12.0 Å². The number of rotatable bonds is 7. The van der Waals surface area contributed by atoms with E-state index < -0.39 is 0 Å². The Morgan fingerprint density at radius 1 is 1.22 bits per heavy atom. The van der Waals surface area contributed by atoms with Crippen LogP contribution in [0.25, 0.3) is 0 Å². The molecule has 0 saturated carbocycles.